The van der Waals surface area contributed by atoms with Crippen molar-refractivity contribution in [1.29, 1.82) is 0 Å². The number of carbonyl (C=O) groups is 1. The van der Waals surface area contributed by atoms with Crippen LogP contribution < -0.4 is 10.1 Å². The number of hydrogen-bond donors (Lipinski definition) is 1. The minimum atomic E-state index is -0.117. The highest BCUT2D eigenvalue weighted by Crippen LogP contribution is 2.41. The quantitative estimate of drug-likeness (QED) is 0.511. The first kappa shape index (κ1) is 17.8. The topological polar surface area (TPSA) is 99.2 Å². The monoisotopic (exact) mass is 453 g/mol. The van der Waals surface area contributed by atoms with E-state index in [9.17, 15) is 4.79 Å². The second kappa shape index (κ2) is 6.66. The number of carbonyl (C=O) groups excluding carboxylic acids is 1. The van der Waals surface area contributed by atoms with Crippen LogP contribution in [0.15, 0.2) is 41.1 Å². The molecular weight excluding hydrogens is 438 g/mol. The second-order valence-corrected chi connectivity index (χ2v) is 7.64. The van der Waals surface area contributed by atoms with Crippen LogP contribution in [0.25, 0.3) is 11.5 Å². The molecule has 5 rings (SSSR count). The Hall–Kier alpha value is -3.27. The summed E-state index contributed by atoms with van der Waals surface area (Å²) in [7, 11) is 1.62. The van der Waals surface area contributed by atoms with Gasteiger partial charge in [0.25, 0.3) is 0 Å². The second-order valence-electron chi connectivity index (χ2n) is 6.78. The van der Waals surface area contributed by atoms with Crippen LogP contribution in [-0.2, 0) is 4.79 Å². The van der Waals surface area contributed by atoms with E-state index in [4.69, 9.17) is 4.74 Å². The first-order chi connectivity index (χ1) is 14.0. The van der Waals surface area contributed by atoms with Gasteiger partial charge in [0.05, 0.1) is 17.3 Å². The smallest absolute Gasteiger partial charge is 0.226 e. The van der Waals surface area contributed by atoms with E-state index in [1.165, 1.54) is 6.33 Å². The van der Waals surface area contributed by atoms with Crippen LogP contribution in [0.5, 0.6) is 5.75 Å². The number of halogens is 1. The lowest BCUT2D eigenvalue weighted by Gasteiger charge is -2.24. The Bertz CT molecular complexity index is 1260. The van der Waals surface area contributed by atoms with Crippen LogP contribution in [0.4, 0.5) is 5.82 Å². The fourth-order valence-corrected chi connectivity index (χ4v) is 4.29. The maximum absolute atomic E-state index is 12.5. The third-order valence-corrected chi connectivity index (χ3v) is 5.67. The molecule has 10 heteroatoms. The number of aryl methyl sites for hydroxylation is 1. The number of nitrogens with one attached hydrogen (secondary N) is 1. The molecule has 1 N–H and O–H groups in total. The predicted molar refractivity (Wildman–Crippen MR) is 108 cm³/mol. The Kier molecular flexibility index (Phi) is 4.09. The molecule has 4 aromatic rings. The van der Waals surface area contributed by atoms with Crippen LogP contribution in [-0.4, -0.2) is 42.6 Å². The zero-order valence-corrected chi connectivity index (χ0v) is 17.2. The van der Waals surface area contributed by atoms with E-state index < -0.39 is 0 Å². The molecule has 0 radical (unpaired) electrons. The lowest BCUT2D eigenvalue weighted by atomic mass is 9.86. The van der Waals surface area contributed by atoms with Crippen molar-refractivity contribution in [2.75, 3.05) is 12.4 Å². The summed E-state index contributed by atoms with van der Waals surface area (Å²) in [5.74, 6) is 1.76. The van der Waals surface area contributed by atoms with Crippen molar-refractivity contribution >= 4 is 33.3 Å². The molecule has 0 spiro atoms. The van der Waals surface area contributed by atoms with Crippen molar-refractivity contribution in [3.8, 4) is 11.6 Å². The molecule has 0 fully saturated rings. The molecule has 0 aliphatic carbocycles. The summed E-state index contributed by atoms with van der Waals surface area (Å²) in [4.78, 5) is 12.5. The van der Waals surface area contributed by atoms with E-state index in [1.54, 1.807) is 28.4 Å². The fraction of sp³-hybridized carbons (Fsp3) is 0.211. The molecule has 4 heterocycles. The van der Waals surface area contributed by atoms with Gasteiger partial charge in [-0.2, -0.15) is 14.3 Å². The van der Waals surface area contributed by atoms with Gasteiger partial charge in [0, 0.05) is 17.9 Å². The SMILES string of the molecule is COc1ccc(C2CC(=O)Nc3c2c(C)nn3-c2ccc3nncn3n2)cc1Br. The number of benzene rings is 1. The van der Waals surface area contributed by atoms with Crippen molar-refractivity contribution in [2.45, 2.75) is 19.3 Å². The Morgan fingerprint density at radius 3 is 2.90 bits per heavy atom. The molecule has 0 saturated heterocycles. The molecule has 1 atom stereocenters. The van der Waals surface area contributed by atoms with Gasteiger partial charge in [-0.25, -0.2) is 0 Å². The minimum absolute atomic E-state index is 0.0685. The van der Waals surface area contributed by atoms with Gasteiger partial charge < -0.3 is 10.1 Å². The Morgan fingerprint density at radius 1 is 1.24 bits per heavy atom. The maximum Gasteiger partial charge on any atom is 0.226 e. The van der Waals surface area contributed by atoms with Crippen molar-refractivity contribution < 1.29 is 9.53 Å². The average Bonchev–Trinajstić information content (AvgIpc) is 3.31. The van der Waals surface area contributed by atoms with E-state index in [0.29, 0.717) is 23.7 Å². The van der Waals surface area contributed by atoms with Crippen molar-refractivity contribution in [2.24, 2.45) is 0 Å². The van der Waals surface area contributed by atoms with Gasteiger partial charge in [0.15, 0.2) is 11.5 Å². The van der Waals surface area contributed by atoms with E-state index in [-0.39, 0.29) is 11.8 Å². The van der Waals surface area contributed by atoms with Gasteiger partial charge in [0.2, 0.25) is 5.91 Å². The van der Waals surface area contributed by atoms with Gasteiger partial charge in [-0.1, -0.05) is 6.07 Å². The Balaban J connectivity index is 1.65. The summed E-state index contributed by atoms with van der Waals surface area (Å²) in [6.45, 7) is 1.94. The molecule has 146 valence electrons. The van der Waals surface area contributed by atoms with Gasteiger partial charge in [-0.05, 0) is 52.7 Å². The number of hydrogen-bond acceptors (Lipinski definition) is 6. The van der Waals surface area contributed by atoms with Gasteiger partial charge in [-0.15, -0.1) is 15.3 Å². The fourth-order valence-electron chi connectivity index (χ4n) is 3.73. The molecule has 9 nitrogen and oxygen atoms in total. The highest BCUT2D eigenvalue weighted by molar-refractivity contribution is 9.10. The maximum atomic E-state index is 12.5. The first-order valence-electron chi connectivity index (χ1n) is 8.95. The molecule has 0 saturated carbocycles. The molecule has 0 bridgehead atoms. The molecule has 1 amide bonds. The summed E-state index contributed by atoms with van der Waals surface area (Å²) >= 11 is 3.54. The van der Waals surface area contributed by atoms with Crippen LogP contribution >= 0.6 is 15.9 Å². The Morgan fingerprint density at radius 2 is 2.10 bits per heavy atom. The average molecular weight is 454 g/mol. The summed E-state index contributed by atoms with van der Waals surface area (Å²) in [6, 6.07) is 9.48. The summed E-state index contributed by atoms with van der Waals surface area (Å²) < 4.78 is 9.40. The largest absolute Gasteiger partial charge is 0.496 e. The van der Waals surface area contributed by atoms with Crippen molar-refractivity contribution in [3.05, 3.63) is 58.0 Å². The number of nitrogens with zero attached hydrogens (tertiary/aromatic N) is 6. The van der Waals surface area contributed by atoms with Crippen LogP contribution in [0.2, 0.25) is 0 Å². The molecular formula is C19H16BrN7O2. The van der Waals surface area contributed by atoms with Gasteiger partial charge in [0.1, 0.15) is 17.9 Å². The molecule has 1 aliphatic heterocycles. The van der Waals surface area contributed by atoms with Crippen LogP contribution in [0.1, 0.15) is 29.2 Å². The summed E-state index contributed by atoms with van der Waals surface area (Å²) in [5, 5.41) is 20.0. The van der Waals surface area contributed by atoms with E-state index >= 15 is 0 Å². The number of ether oxygens (including phenoxy) is 1. The highest BCUT2D eigenvalue weighted by Gasteiger charge is 2.33. The van der Waals surface area contributed by atoms with E-state index in [2.05, 4.69) is 41.6 Å². The van der Waals surface area contributed by atoms with Gasteiger partial charge in [-0.3, -0.25) is 4.79 Å². The number of amides is 1. The molecule has 1 aromatic carbocycles. The van der Waals surface area contributed by atoms with Crippen molar-refractivity contribution in [3.63, 3.8) is 0 Å². The molecule has 1 unspecified atom stereocenters. The number of aromatic nitrogens is 6. The summed E-state index contributed by atoms with van der Waals surface area (Å²) in [6.07, 6.45) is 1.87. The van der Waals surface area contributed by atoms with E-state index in [1.807, 2.05) is 25.1 Å². The third-order valence-electron chi connectivity index (χ3n) is 5.05. The number of rotatable bonds is 3. The van der Waals surface area contributed by atoms with Crippen molar-refractivity contribution in [1.82, 2.24) is 29.6 Å². The normalized spacial score (nSPS) is 16.0. The molecule has 29 heavy (non-hydrogen) atoms. The zero-order valence-electron chi connectivity index (χ0n) is 15.6. The highest BCUT2D eigenvalue weighted by atomic mass is 79.9. The van der Waals surface area contributed by atoms with Gasteiger partial charge >= 0.3 is 0 Å². The third kappa shape index (κ3) is 2.87. The predicted octanol–water partition coefficient (Wildman–Crippen LogP) is 2.86. The van der Waals surface area contributed by atoms with Crippen LogP contribution in [0, 0.1) is 6.92 Å². The van der Waals surface area contributed by atoms with E-state index in [0.717, 1.165) is 27.0 Å². The lowest BCUT2D eigenvalue weighted by molar-refractivity contribution is -0.116. The molecule has 1 aliphatic rings. The van der Waals surface area contributed by atoms with Crippen LogP contribution in [0.3, 0.4) is 0 Å². The Labute approximate surface area is 173 Å². The number of fused-ring (bicyclic) bond motifs is 2. The number of anilines is 1. The number of methoxy groups -OCH3 is 1. The standard InChI is InChI=1S/C19H16BrN7O2/c1-10-18-12(11-3-4-14(29-2)13(20)7-11)8-17(28)22-19(18)27(24-10)16-6-5-15-23-21-9-26(15)25-16/h3-7,9,12H,8H2,1-2H3,(H,22,28). The molecule has 3 aromatic heterocycles. The zero-order chi connectivity index (χ0) is 20.1. The minimum Gasteiger partial charge on any atom is -0.496 e. The first-order valence-corrected chi connectivity index (χ1v) is 9.74. The lowest BCUT2D eigenvalue weighted by Crippen LogP contribution is -2.25. The summed E-state index contributed by atoms with van der Waals surface area (Å²) in [5.41, 5.74) is 3.46.